The van der Waals surface area contributed by atoms with Gasteiger partial charge in [0.2, 0.25) is 5.91 Å². The SMILES string of the molecule is CCNC(=NCc1cc(Cl)c(OCC)c(OC)c1)NCCNC(=O)C1CC1. The standard InChI is InChI=1S/C19H29ClN4O3/c1-4-21-19(23-9-8-22-18(25)14-6-7-14)24-12-13-10-15(20)17(27-5-2)16(11-13)26-3/h10-11,14H,4-9,12H2,1-3H3,(H,22,25)(H2,21,23,24). The maximum absolute atomic E-state index is 11.6. The quantitative estimate of drug-likeness (QED) is 0.321. The molecule has 3 N–H and O–H groups in total. The molecule has 0 unspecified atom stereocenters. The second-order valence-corrected chi connectivity index (χ2v) is 6.64. The van der Waals surface area contributed by atoms with Crippen LogP contribution in [0.1, 0.15) is 32.3 Å². The molecule has 8 heteroatoms. The molecule has 2 rings (SSSR count). The van der Waals surface area contributed by atoms with Gasteiger partial charge in [-0.25, -0.2) is 4.99 Å². The van der Waals surface area contributed by atoms with Gasteiger partial charge < -0.3 is 25.4 Å². The highest BCUT2D eigenvalue weighted by Crippen LogP contribution is 2.36. The van der Waals surface area contributed by atoms with Crippen LogP contribution in [-0.4, -0.2) is 45.2 Å². The first kappa shape index (κ1) is 21.2. The summed E-state index contributed by atoms with van der Waals surface area (Å²) in [5, 5.41) is 9.83. The molecule has 1 aliphatic carbocycles. The zero-order chi connectivity index (χ0) is 19.6. The minimum Gasteiger partial charge on any atom is -0.493 e. The molecule has 7 nitrogen and oxygen atoms in total. The molecular formula is C19H29ClN4O3. The minimum atomic E-state index is 0.148. The average Bonchev–Trinajstić information content (AvgIpc) is 3.50. The van der Waals surface area contributed by atoms with Gasteiger partial charge in [0.15, 0.2) is 17.5 Å². The highest BCUT2D eigenvalue weighted by atomic mass is 35.5. The summed E-state index contributed by atoms with van der Waals surface area (Å²) in [7, 11) is 1.59. The number of hydrogen-bond donors (Lipinski definition) is 3. The number of carbonyl (C=O) groups is 1. The Morgan fingerprint density at radius 1 is 1.22 bits per heavy atom. The van der Waals surface area contributed by atoms with Gasteiger partial charge in [0.1, 0.15) is 0 Å². The van der Waals surface area contributed by atoms with Crippen molar-refractivity contribution in [1.29, 1.82) is 0 Å². The molecule has 0 aliphatic heterocycles. The lowest BCUT2D eigenvalue weighted by atomic mass is 10.2. The molecule has 27 heavy (non-hydrogen) atoms. The van der Waals surface area contributed by atoms with E-state index in [9.17, 15) is 4.79 Å². The summed E-state index contributed by atoms with van der Waals surface area (Å²) in [5.74, 6) is 2.20. The maximum atomic E-state index is 11.6. The molecule has 1 aromatic rings. The van der Waals surface area contributed by atoms with Crippen LogP contribution in [0.3, 0.4) is 0 Å². The number of aliphatic imine (C=N–C) groups is 1. The lowest BCUT2D eigenvalue weighted by Gasteiger charge is -2.14. The maximum Gasteiger partial charge on any atom is 0.223 e. The number of amides is 1. The van der Waals surface area contributed by atoms with E-state index in [0.717, 1.165) is 24.9 Å². The van der Waals surface area contributed by atoms with Crippen LogP contribution in [0, 0.1) is 5.92 Å². The Morgan fingerprint density at radius 3 is 2.59 bits per heavy atom. The summed E-state index contributed by atoms with van der Waals surface area (Å²) in [6.07, 6.45) is 2.02. The number of guanidine groups is 1. The Bertz CT molecular complexity index is 663. The predicted octanol–water partition coefficient (Wildman–Crippen LogP) is 2.33. The largest absolute Gasteiger partial charge is 0.493 e. The zero-order valence-electron chi connectivity index (χ0n) is 16.2. The van der Waals surface area contributed by atoms with Crippen LogP contribution in [-0.2, 0) is 11.3 Å². The fourth-order valence-electron chi connectivity index (χ4n) is 2.52. The first-order chi connectivity index (χ1) is 13.1. The number of ether oxygens (including phenoxy) is 2. The van der Waals surface area contributed by atoms with Crippen molar-refractivity contribution in [2.75, 3.05) is 33.4 Å². The van der Waals surface area contributed by atoms with Crippen LogP contribution < -0.4 is 25.4 Å². The molecule has 1 saturated carbocycles. The van der Waals surface area contributed by atoms with Crippen LogP contribution in [0.2, 0.25) is 5.02 Å². The highest BCUT2D eigenvalue weighted by Gasteiger charge is 2.28. The zero-order valence-corrected chi connectivity index (χ0v) is 17.0. The van der Waals surface area contributed by atoms with Crippen molar-refractivity contribution in [3.8, 4) is 11.5 Å². The molecule has 0 heterocycles. The lowest BCUT2D eigenvalue weighted by molar-refractivity contribution is -0.122. The molecule has 0 spiro atoms. The van der Waals surface area contributed by atoms with Gasteiger partial charge in [-0.05, 0) is 44.4 Å². The van der Waals surface area contributed by atoms with E-state index < -0.39 is 0 Å². The van der Waals surface area contributed by atoms with Gasteiger partial charge in [0.05, 0.1) is 25.3 Å². The fourth-order valence-corrected chi connectivity index (χ4v) is 2.81. The molecule has 0 bridgehead atoms. The first-order valence-corrected chi connectivity index (χ1v) is 9.75. The van der Waals surface area contributed by atoms with Crippen LogP contribution in [0.4, 0.5) is 0 Å². The number of hydrogen-bond acceptors (Lipinski definition) is 4. The summed E-state index contributed by atoms with van der Waals surface area (Å²) < 4.78 is 10.9. The van der Waals surface area contributed by atoms with E-state index in [4.69, 9.17) is 21.1 Å². The number of nitrogens with zero attached hydrogens (tertiary/aromatic N) is 1. The number of rotatable bonds is 10. The Hall–Kier alpha value is -2.15. The first-order valence-electron chi connectivity index (χ1n) is 9.38. The molecule has 1 amide bonds. The molecule has 1 aliphatic rings. The summed E-state index contributed by atoms with van der Waals surface area (Å²) >= 11 is 6.31. The number of carbonyl (C=O) groups excluding carboxylic acids is 1. The van der Waals surface area contributed by atoms with E-state index in [1.54, 1.807) is 7.11 Å². The average molecular weight is 397 g/mol. The molecule has 0 atom stereocenters. The number of nitrogens with one attached hydrogen (secondary N) is 3. The van der Waals surface area contributed by atoms with Gasteiger partial charge in [-0.15, -0.1) is 0 Å². The molecule has 1 aromatic carbocycles. The van der Waals surface area contributed by atoms with Gasteiger partial charge in [0, 0.05) is 25.6 Å². The third-order valence-corrected chi connectivity index (χ3v) is 4.29. The van der Waals surface area contributed by atoms with Gasteiger partial charge in [0.25, 0.3) is 0 Å². The van der Waals surface area contributed by atoms with Crippen molar-refractivity contribution in [3.63, 3.8) is 0 Å². The minimum absolute atomic E-state index is 0.148. The van der Waals surface area contributed by atoms with Crippen molar-refractivity contribution >= 4 is 23.5 Å². The van der Waals surface area contributed by atoms with Gasteiger partial charge >= 0.3 is 0 Å². The summed E-state index contributed by atoms with van der Waals surface area (Å²) in [6.45, 7) is 6.78. The topological polar surface area (TPSA) is 84.0 Å². The Morgan fingerprint density at radius 2 is 1.96 bits per heavy atom. The van der Waals surface area contributed by atoms with Crippen molar-refractivity contribution in [3.05, 3.63) is 22.7 Å². The summed E-state index contributed by atoms with van der Waals surface area (Å²) in [6, 6.07) is 3.71. The van der Waals surface area contributed by atoms with Crippen LogP contribution in [0.5, 0.6) is 11.5 Å². The molecule has 0 saturated heterocycles. The predicted molar refractivity (Wildman–Crippen MR) is 108 cm³/mol. The van der Waals surface area contributed by atoms with Crippen molar-refractivity contribution in [2.24, 2.45) is 10.9 Å². The van der Waals surface area contributed by atoms with E-state index in [0.29, 0.717) is 48.7 Å². The van der Waals surface area contributed by atoms with E-state index >= 15 is 0 Å². The molecular weight excluding hydrogens is 368 g/mol. The molecule has 150 valence electrons. The lowest BCUT2D eigenvalue weighted by Crippen LogP contribution is -2.41. The Kier molecular flexibility index (Phi) is 8.51. The number of benzene rings is 1. The Balaban J connectivity index is 1.92. The fraction of sp³-hybridized carbons (Fsp3) is 0.579. The smallest absolute Gasteiger partial charge is 0.223 e. The second-order valence-electron chi connectivity index (χ2n) is 6.23. The van der Waals surface area contributed by atoms with E-state index in [1.165, 1.54) is 0 Å². The van der Waals surface area contributed by atoms with Crippen molar-refractivity contribution in [1.82, 2.24) is 16.0 Å². The normalized spacial score (nSPS) is 13.9. The van der Waals surface area contributed by atoms with Gasteiger partial charge in [-0.2, -0.15) is 0 Å². The number of halogens is 1. The van der Waals surface area contributed by atoms with Gasteiger partial charge in [-0.3, -0.25) is 4.79 Å². The van der Waals surface area contributed by atoms with E-state index in [-0.39, 0.29) is 11.8 Å². The third kappa shape index (κ3) is 6.82. The third-order valence-electron chi connectivity index (χ3n) is 4.01. The summed E-state index contributed by atoms with van der Waals surface area (Å²) in [5.41, 5.74) is 0.916. The Labute approximate surface area is 165 Å². The number of methoxy groups -OCH3 is 1. The van der Waals surface area contributed by atoms with Crippen LogP contribution in [0.25, 0.3) is 0 Å². The van der Waals surface area contributed by atoms with Gasteiger partial charge in [-0.1, -0.05) is 11.6 Å². The molecule has 1 fully saturated rings. The van der Waals surface area contributed by atoms with Crippen LogP contribution in [0.15, 0.2) is 17.1 Å². The molecule has 0 radical (unpaired) electrons. The van der Waals surface area contributed by atoms with Crippen molar-refractivity contribution in [2.45, 2.75) is 33.2 Å². The molecule has 0 aromatic heterocycles. The second kappa shape index (κ2) is 10.9. The van der Waals surface area contributed by atoms with Crippen molar-refractivity contribution < 1.29 is 14.3 Å². The van der Waals surface area contributed by atoms with Crippen LogP contribution >= 0.6 is 11.6 Å². The monoisotopic (exact) mass is 396 g/mol. The van der Waals surface area contributed by atoms with E-state index in [2.05, 4.69) is 20.9 Å². The summed E-state index contributed by atoms with van der Waals surface area (Å²) in [4.78, 5) is 16.2. The van der Waals surface area contributed by atoms with E-state index in [1.807, 2.05) is 26.0 Å². The highest BCUT2D eigenvalue weighted by molar-refractivity contribution is 6.32.